The fourth-order valence-corrected chi connectivity index (χ4v) is 7.47. The molecule has 156 valence electrons. The van der Waals surface area contributed by atoms with Gasteiger partial charge in [-0.3, -0.25) is 0 Å². The van der Waals surface area contributed by atoms with Gasteiger partial charge in [-0.1, -0.05) is 48.5 Å². The van der Waals surface area contributed by atoms with Crippen molar-refractivity contribution in [3.63, 3.8) is 0 Å². The van der Waals surface area contributed by atoms with Crippen molar-refractivity contribution in [1.82, 2.24) is 5.32 Å². The number of halogens is 1. The zero-order chi connectivity index (χ0) is 18.8. The highest BCUT2D eigenvalue weighted by atomic mass is 35.5. The summed E-state index contributed by atoms with van der Waals surface area (Å²) in [4.78, 5) is 1.42. The first-order valence-corrected chi connectivity index (χ1v) is 12.4. The van der Waals surface area contributed by atoms with E-state index in [-0.39, 0.29) is 12.4 Å². The number of thioether (sulfide) groups is 1. The molecule has 0 heterocycles. The normalized spacial score (nSPS) is 29.6. The molecule has 1 N–H and O–H groups in total. The Hall–Kier alpha value is -0.960. The molecule has 0 aromatic heterocycles. The molecule has 0 aliphatic heterocycles. The van der Waals surface area contributed by atoms with Crippen molar-refractivity contribution < 1.29 is 0 Å². The lowest BCUT2D eigenvalue weighted by atomic mass is 9.54. The van der Waals surface area contributed by atoms with Crippen LogP contribution in [0, 0.1) is 23.7 Å². The second kappa shape index (κ2) is 9.90. The summed E-state index contributed by atoms with van der Waals surface area (Å²) in [5, 5.41) is 3.99. The first-order valence-electron chi connectivity index (χ1n) is 11.4. The Morgan fingerprint density at radius 1 is 0.759 bits per heavy atom. The number of unbranched alkanes of at least 4 members (excludes halogenated alkanes) is 1. The van der Waals surface area contributed by atoms with Gasteiger partial charge in [0, 0.05) is 10.9 Å². The summed E-state index contributed by atoms with van der Waals surface area (Å²) in [5.41, 5.74) is 2.70. The van der Waals surface area contributed by atoms with Crippen molar-refractivity contribution in [3.05, 3.63) is 54.6 Å². The molecule has 6 rings (SSSR count). The highest BCUT2D eigenvalue weighted by molar-refractivity contribution is 7.99. The Morgan fingerprint density at radius 2 is 1.41 bits per heavy atom. The van der Waals surface area contributed by atoms with E-state index in [2.05, 4.69) is 59.9 Å². The van der Waals surface area contributed by atoms with Crippen molar-refractivity contribution in [3.8, 4) is 11.1 Å². The van der Waals surface area contributed by atoms with Crippen LogP contribution in [-0.2, 0) is 0 Å². The van der Waals surface area contributed by atoms with Crippen LogP contribution >= 0.6 is 24.2 Å². The van der Waals surface area contributed by atoms with E-state index in [1.54, 1.807) is 6.42 Å². The third kappa shape index (κ3) is 4.86. The second-order valence-electron chi connectivity index (χ2n) is 9.33. The van der Waals surface area contributed by atoms with Crippen molar-refractivity contribution >= 4 is 24.2 Å². The van der Waals surface area contributed by atoms with E-state index in [1.165, 1.54) is 66.8 Å². The van der Waals surface area contributed by atoms with Crippen LogP contribution in [0.3, 0.4) is 0 Å². The lowest BCUT2D eigenvalue weighted by molar-refractivity contribution is -0.0135. The van der Waals surface area contributed by atoms with Crippen LogP contribution < -0.4 is 5.32 Å². The Morgan fingerprint density at radius 3 is 2.14 bits per heavy atom. The van der Waals surface area contributed by atoms with Gasteiger partial charge in [0.15, 0.2) is 0 Å². The molecular weight excluding hydrogens is 394 g/mol. The summed E-state index contributed by atoms with van der Waals surface area (Å²) in [7, 11) is 0. The van der Waals surface area contributed by atoms with E-state index < -0.39 is 0 Å². The molecule has 3 heteroatoms. The zero-order valence-corrected chi connectivity index (χ0v) is 18.9. The molecular formula is C26H34ClNS. The topological polar surface area (TPSA) is 12.0 Å². The van der Waals surface area contributed by atoms with Gasteiger partial charge in [0.2, 0.25) is 0 Å². The quantitative estimate of drug-likeness (QED) is 0.357. The number of hydrogen-bond acceptors (Lipinski definition) is 2. The molecule has 2 aromatic rings. The van der Waals surface area contributed by atoms with Crippen molar-refractivity contribution in [2.75, 3.05) is 12.3 Å². The Balaban J connectivity index is 0.00000205. The Bertz CT molecular complexity index is 749. The lowest BCUT2D eigenvalue weighted by Crippen LogP contribution is -2.54. The molecule has 0 amide bonds. The van der Waals surface area contributed by atoms with Crippen molar-refractivity contribution in [2.24, 2.45) is 23.7 Å². The van der Waals surface area contributed by atoms with Crippen LogP contribution in [-0.4, -0.2) is 18.3 Å². The van der Waals surface area contributed by atoms with Crippen molar-refractivity contribution in [2.45, 2.75) is 55.9 Å². The van der Waals surface area contributed by atoms with E-state index in [9.17, 15) is 0 Å². The lowest BCUT2D eigenvalue weighted by Gasteiger charge is -2.54. The van der Waals surface area contributed by atoms with Crippen LogP contribution in [0.5, 0.6) is 0 Å². The molecule has 4 saturated carbocycles. The zero-order valence-electron chi connectivity index (χ0n) is 17.3. The molecule has 0 spiro atoms. The van der Waals surface area contributed by atoms with Gasteiger partial charge in [-0.15, -0.1) is 24.2 Å². The van der Waals surface area contributed by atoms with Crippen LogP contribution in [0.15, 0.2) is 59.5 Å². The predicted molar refractivity (Wildman–Crippen MR) is 128 cm³/mol. The minimum Gasteiger partial charge on any atom is -0.313 e. The van der Waals surface area contributed by atoms with E-state index in [4.69, 9.17) is 0 Å². The average molecular weight is 428 g/mol. The molecule has 4 aliphatic rings. The van der Waals surface area contributed by atoms with Crippen LogP contribution in [0.2, 0.25) is 0 Å². The van der Waals surface area contributed by atoms with Crippen LogP contribution in [0.25, 0.3) is 11.1 Å². The predicted octanol–water partition coefficient (Wildman–Crippen LogP) is 7.06. The van der Waals surface area contributed by atoms with Gasteiger partial charge in [0.05, 0.1) is 0 Å². The minimum absolute atomic E-state index is 0. The fraction of sp³-hybridized carbons (Fsp3) is 0.538. The van der Waals surface area contributed by atoms with Gasteiger partial charge in [-0.25, -0.2) is 0 Å². The van der Waals surface area contributed by atoms with E-state index in [0.29, 0.717) is 0 Å². The summed E-state index contributed by atoms with van der Waals surface area (Å²) >= 11 is 2.02. The average Bonchev–Trinajstić information content (AvgIpc) is 2.72. The summed E-state index contributed by atoms with van der Waals surface area (Å²) < 4.78 is 0. The third-order valence-electron chi connectivity index (χ3n) is 7.41. The number of benzene rings is 2. The maximum absolute atomic E-state index is 3.99. The largest absolute Gasteiger partial charge is 0.313 e. The summed E-state index contributed by atoms with van der Waals surface area (Å²) in [6, 6.07) is 20.5. The van der Waals surface area contributed by atoms with E-state index in [0.717, 1.165) is 29.7 Å². The van der Waals surface area contributed by atoms with Gasteiger partial charge in [-0.2, -0.15) is 0 Å². The summed E-state index contributed by atoms with van der Waals surface area (Å²) in [6.45, 7) is 1.22. The minimum atomic E-state index is 0. The SMILES string of the molecule is Cl.c1ccc(-c2ccccc2SCCCCNC2C3CC4CC(C3)CC2C4)cc1. The smallest absolute Gasteiger partial charge is 0.0150 e. The van der Waals surface area contributed by atoms with Gasteiger partial charge < -0.3 is 5.32 Å². The molecule has 0 saturated heterocycles. The number of hydrogen-bond donors (Lipinski definition) is 1. The van der Waals surface area contributed by atoms with E-state index >= 15 is 0 Å². The molecule has 2 aromatic carbocycles. The summed E-state index contributed by atoms with van der Waals surface area (Å²) in [6.07, 6.45) is 10.3. The van der Waals surface area contributed by atoms with Gasteiger partial charge in [0.1, 0.15) is 0 Å². The molecule has 4 aliphatic carbocycles. The molecule has 4 bridgehead atoms. The molecule has 0 radical (unpaired) electrons. The highest BCUT2D eigenvalue weighted by Crippen LogP contribution is 2.53. The first-order chi connectivity index (χ1) is 13.9. The second-order valence-corrected chi connectivity index (χ2v) is 10.5. The van der Waals surface area contributed by atoms with Gasteiger partial charge >= 0.3 is 0 Å². The summed E-state index contributed by atoms with van der Waals surface area (Å²) in [5.74, 6) is 5.39. The number of nitrogens with one attached hydrogen (secondary N) is 1. The monoisotopic (exact) mass is 427 g/mol. The van der Waals surface area contributed by atoms with Gasteiger partial charge in [-0.05, 0) is 98.1 Å². The highest BCUT2D eigenvalue weighted by Gasteiger charge is 2.47. The molecule has 4 fully saturated rings. The van der Waals surface area contributed by atoms with Gasteiger partial charge in [0.25, 0.3) is 0 Å². The van der Waals surface area contributed by atoms with Crippen molar-refractivity contribution in [1.29, 1.82) is 0 Å². The first kappa shape index (κ1) is 21.3. The molecule has 0 atom stereocenters. The van der Waals surface area contributed by atoms with E-state index in [1.807, 2.05) is 11.8 Å². The maximum Gasteiger partial charge on any atom is 0.0150 e. The molecule has 1 nitrogen and oxygen atoms in total. The Labute approximate surface area is 186 Å². The van der Waals surface area contributed by atoms with Crippen LogP contribution in [0.4, 0.5) is 0 Å². The Kier molecular flexibility index (Phi) is 7.26. The maximum atomic E-state index is 3.99. The molecule has 29 heavy (non-hydrogen) atoms. The third-order valence-corrected chi connectivity index (χ3v) is 8.57. The molecule has 0 unspecified atom stereocenters. The standard InChI is InChI=1S/C26H33NS.ClH/c1-2-8-21(9-3-1)24-10-4-5-11-25(24)28-13-7-6-12-27-26-22-15-19-14-20(17-22)18-23(26)16-19;/h1-5,8-11,19-20,22-23,26-27H,6-7,12-18H2;1H. The fourth-order valence-electron chi connectivity index (χ4n) is 6.39. The number of rotatable bonds is 8. The van der Waals surface area contributed by atoms with Crippen LogP contribution in [0.1, 0.15) is 44.9 Å².